The molecule has 0 spiro atoms. The third-order valence-electron chi connectivity index (χ3n) is 4.34. The molecule has 1 unspecified atom stereocenters. The lowest BCUT2D eigenvalue weighted by atomic mass is 9.95. The van der Waals surface area contributed by atoms with Crippen molar-refractivity contribution in [3.8, 4) is 22.6 Å². The summed E-state index contributed by atoms with van der Waals surface area (Å²) in [6, 6.07) is 15.4. The van der Waals surface area contributed by atoms with Gasteiger partial charge in [0.15, 0.2) is 0 Å². The van der Waals surface area contributed by atoms with Gasteiger partial charge in [-0.15, -0.1) is 0 Å². The Morgan fingerprint density at radius 3 is 2.65 bits per heavy atom. The molecule has 2 aromatic carbocycles. The number of cyclic esters (lactones) is 1. The van der Waals surface area contributed by atoms with Crippen LogP contribution in [0.2, 0.25) is 0 Å². The fraction of sp³-hybridized carbons (Fsp3) is 0.143. The van der Waals surface area contributed by atoms with Gasteiger partial charge in [0.05, 0.1) is 6.20 Å². The van der Waals surface area contributed by atoms with Crippen molar-refractivity contribution in [1.29, 1.82) is 0 Å². The first-order valence-corrected chi connectivity index (χ1v) is 8.35. The summed E-state index contributed by atoms with van der Waals surface area (Å²) in [5.41, 5.74) is 3.29. The maximum Gasteiger partial charge on any atom is 0.334 e. The number of rotatable bonds is 4. The number of hydrogen-bond donors (Lipinski definition) is 0. The maximum absolute atomic E-state index is 11.8. The van der Waals surface area contributed by atoms with Crippen LogP contribution in [0.1, 0.15) is 18.1 Å². The zero-order chi connectivity index (χ0) is 18.1. The molecule has 1 atom stereocenters. The van der Waals surface area contributed by atoms with Crippen LogP contribution in [0.4, 0.5) is 0 Å². The number of esters is 1. The average Bonchev–Trinajstić information content (AvgIpc) is 3.22. The van der Waals surface area contributed by atoms with Crippen LogP contribution >= 0.6 is 0 Å². The molecule has 1 fully saturated rings. The molecule has 0 bridgehead atoms. The average molecular weight is 346 g/mol. The summed E-state index contributed by atoms with van der Waals surface area (Å²) in [5, 5.41) is 4.25. The third-order valence-corrected chi connectivity index (χ3v) is 4.34. The second kappa shape index (κ2) is 6.52. The van der Waals surface area contributed by atoms with Gasteiger partial charge in [0.2, 0.25) is 0 Å². The highest BCUT2D eigenvalue weighted by atomic mass is 16.5. The monoisotopic (exact) mass is 346 g/mol. The van der Waals surface area contributed by atoms with E-state index in [9.17, 15) is 4.79 Å². The summed E-state index contributed by atoms with van der Waals surface area (Å²) in [7, 11) is 1.87. The van der Waals surface area contributed by atoms with Gasteiger partial charge in [0, 0.05) is 36.4 Å². The third kappa shape index (κ3) is 3.11. The molecule has 0 amide bonds. The Kier molecular flexibility index (Phi) is 4.05. The smallest absolute Gasteiger partial charge is 0.334 e. The van der Waals surface area contributed by atoms with E-state index in [2.05, 4.69) is 11.7 Å². The molecule has 0 N–H and O–H groups in total. The summed E-state index contributed by atoms with van der Waals surface area (Å²) < 4.78 is 13.2. The van der Waals surface area contributed by atoms with E-state index in [-0.39, 0.29) is 12.1 Å². The van der Waals surface area contributed by atoms with E-state index in [1.165, 1.54) is 0 Å². The minimum Gasteiger partial charge on any atom is -0.457 e. The van der Waals surface area contributed by atoms with Crippen molar-refractivity contribution in [2.75, 3.05) is 0 Å². The Morgan fingerprint density at radius 2 is 2.00 bits per heavy atom. The van der Waals surface area contributed by atoms with Crippen LogP contribution < -0.4 is 4.74 Å². The molecule has 4 rings (SSSR count). The number of ether oxygens (including phenoxy) is 2. The SMILES string of the molecule is C=C1CC(c2ccc(Oc3ccccc3)cc2-c2cnn(C)c2)OC1=O. The first kappa shape index (κ1) is 16.1. The zero-order valence-corrected chi connectivity index (χ0v) is 14.4. The van der Waals surface area contributed by atoms with Crippen molar-refractivity contribution in [3.63, 3.8) is 0 Å². The number of benzene rings is 2. The highest BCUT2D eigenvalue weighted by molar-refractivity contribution is 5.90. The number of aryl methyl sites for hydroxylation is 1. The van der Waals surface area contributed by atoms with Crippen LogP contribution in [0.25, 0.3) is 11.1 Å². The fourth-order valence-corrected chi connectivity index (χ4v) is 3.05. The van der Waals surface area contributed by atoms with Gasteiger partial charge in [-0.05, 0) is 29.8 Å². The number of aromatic nitrogens is 2. The first-order chi connectivity index (χ1) is 12.6. The summed E-state index contributed by atoms with van der Waals surface area (Å²) in [6.07, 6.45) is 3.87. The van der Waals surface area contributed by atoms with Crippen molar-refractivity contribution in [2.24, 2.45) is 7.05 Å². The molecule has 0 aliphatic carbocycles. The maximum atomic E-state index is 11.8. The van der Waals surface area contributed by atoms with Gasteiger partial charge < -0.3 is 9.47 Å². The van der Waals surface area contributed by atoms with E-state index >= 15 is 0 Å². The van der Waals surface area contributed by atoms with Crippen LogP contribution in [0.15, 0.2) is 73.1 Å². The molecular weight excluding hydrogens is 328 g/mol. The van der Waals surface area contributed by atoms with Crippen LogP contribution in [-0.2, 0) is 16.6 Å². The molecular formula is C21H18N2O3. The van der Waals surface area contributed by atoms with E-state index in [0.29, 0.717) is 17.7 Å². The van der Waals surface area contributed by atoms with Gasteiger partial charge in [-0.2, -0.15) is 5.10 Å². The molecule has 5 nitrogen and oxygen atoms in total. The largest absolute Gasteiger partial charge is 0.457 e. The minimum atomic E-state index is -0.337. The lowest BCUT2D eigenvalue weighted by molar-refractivity contribution is -0.139. The number of carbonyl (C=O) groups is 1. The van der Waals surface area contributed by atoms with E-state index < -0.39 is 0 Å². The van der Waals surface area contributed by atoms with Crippen molar-refractivity contribution >= 4 is 5.97 Å². The van der Waals surface area contributed by atoms with Crippen molar-refractivity contribution in [2.45, 2.75) is 12.5 Å². The molecule has 26 heavy (non-hydrogen) atoms. The normalized spacial score (nSPS) is 16.6. The van der Waals surface area contributed by atoms with Crippen LogP contribution in [0.5, 0.6) is 11.5 Å². The van der Waals surface area contributed by atoms with Crippen LogP contribution in [-0.4, -0.2) is 15.7 Å². The van der Waals surface area contributed by atoms with Gasteiger partial charge in [0.1, 0.15) is 17.6 Å². The van der Waals surface area contributed by atoms with Crippen LogP contribution in [0.3, 0.4) is 0 Å². The molecule has 1 aliphatic rings. The van der Waals surface area contributed by atoms with E-state index in [1.54, 1.807) is 10.9 Å². The van der Waals surface area contributed by atoms with Gasteiger partial charge in [-0.1, -0.05) is 30.8 Å². The second-order valence-electron chi connectivity index (χ2n) is 6.27. The summed E-state index contributed by atoms with van der Waals surface area (Å²) >= 11 is 0. The zero-order valence-electron chi connectivity index (χ0n) is 14.4. The lowest BCUT2D eigenvalue weighted by Crippen LogP contribution is -2.01. The topological polar surface area (TPSA) is 53.4 Å². The van der Waals surface area contributed by atoms with Gasteiger partial charge in [-0.3, -0.25) is 4.68 Å². The Labute approximate surface area is 151 Å². The Hall–Kier alpha value is -3.34. The van der Waals surface area contributed by atoms with E-state index in [4.69, 9.17) is 9.47 Å². The summed E-state index contributed by atoms with van der Waals surface area (Å²) in [6.45, 7) is 3.78. The summed E-state index contributed by atoms with van der Waals surface area (Å²) in [5.74, 6) is 1.14. The Bertz CT molecular complexity index is 960. The molecule has 0 saturated carbocycles. The standard InChI is InChI=1S/C21H18N2O3/c1-14-10-20(26-21(14)24)18-9-8-17(25-16-6-4-3-5-7-16)11-19(18)15-12-22-23(2)13-15/h3-9,11-13,20H,1,10H2,2H3. The van der Waals surface area contributed by atoms with Gasteiger partial charge in [-0.25, -0.2) is 4.79 Å². The highest BCUT2D eigenvalue weighted by Gasteiger charge is 2.30. The number of nitrogens with zero attached hydrogens (tertiary/aromatic N) is 2. The molecule has 3 aromatic rings. The van der Waals surface area contributed by atoms with Crippen molar-refractivity contribution < 1.29 is 14.3 Å². The van der Waals surface area contributed by atoms with Gasteiger partial charge >= 0.3 is 5.97 Å². The van der Waals surface area contributed by atoms with Crippen molar-refractivity contribution in [1.82, 2.24) is 9.78 Å². The van der Waals surface area contributed by atoms with Crippen LogP contribution in [0, 0.1) is 0 Å². The Morgan fingerprint density at radius 1 is 1.19 bits per heavy atom. The number of carbonyl (C=O) groups excluding carboxylic acids is 1. The summed E-state index contributed by atoms with van der Waals surface area (Å²) in [4.78, 5) is 11.8. The molecule has 2 heterocycles. The lowest BCUT2D eigenvalue weighted by Gasteiger charge is -2.16. The quantitative estimate of drug-likeness (QED) is 0.518. The first-order valence-electron chi connectivity index (χ1n) is 8.35. The number of hydrogen-bond acceptors (Lipinski definition) is 4. The second-order valence-corrected chi connectivity index (χ2v) is 6.27. The molecule has 1 saturated heterocycles. The molecule has 5 heteroatoms. The van der Waals surface area contributed by atoms with E-state index in [1.807, 2.05) is 61.8 Å². The fourth-order valence-electron chi connectivity index (χ4n) is 3.05. The minimum absolute atomic E-state index is 0.336. The van der Waals surface area contributed by atoms with E-state index in [0.717, 1.165) is 22.4 Å². The Balaban J connectivity index is 1.74. The highest BCUT2D eigenvalue weighted by Crippen LogP contribution is 2.39. The number of para-hydroxylation sites is 1. The predicted octanol–water partition coefficient (Wildman–Crippen LogP) is 4.42. The molecule has 1 aromatic heterocycles. The molecule has 1 aliphatic heterocycles. The van der Waals surface area contributed by atoms with Gasteiger partial charge in [0.25, 0.3) is 0 Å². The molecule has 0 radical (unpaired) electrons. The molecule has 130 valence electrons. The van der Waals surface area contributed by atoms with Crippen molar-refractivity contribution in [3.05, 3.63) is 78.6 Å². The predicted molar refractivity (Wildman–Crippen MR) is 97.8 cm³/mol.